The summed E-state index contributed by atoms with van der Waals surface area (Å²) >= 11 is 0. The number of benzene rings is 2. The maximum absolute atomic E-state index is 12.2. The van der Waals surface area contributed by atoms with Crippen molar-refractivity contribution in [1.29, 1.82) is 0 Å². The van der Waals surface area contributed by atoms with E-state index in [0.29, 0.717) is 22.6 Å². The van der Waals surface area contributed by atoms with Crippen molar-refractivity contribution in [1.82, 2.24) is 5.32 Å². The van der Waals surface area contributed by atoms with Gasteiger partial charge in [-0.25, -0.2) is 0 Å². The Balaban J connectivity index is 1.84. The Morgan fingerprint density at radius 2 is 1.47 bits per heavy atom. The summed E-state index contributed by atoms with van der Waals surface area (Å²) < 4.78 is 15.2. The Hall–Kier alpha value is -3.35. The van der Waals surface area contributed by atoms with E-state index in [1.807, 2.05) is 12.1 Å². The van der Waals surface area contributed by atoms with Gasteiger partial charge in [-0.2, -0.15) is 0 Å². The van der Waals surface area contributed by atoms with Crippen LogP contribution in [0.15, 0.2) is 42.5 Å². The van der Waals surface area contributed by atoms with Crippen LogP contribution in [0.5, 0.6) is 11.5 Å². The number of ketones is 1. The van der Waals surface area contributed by atoms with E-state index in [-0.39, 0.29) is 12.0 Å². The summed E-state index contributed by atoms with van der Waals surface area (Å²) in [7, 11) is 2.96. The topological polar surface area (TPSA) is 90.9 Å². The molecule has 0 aliphatic carbocycles. The Bertz CT molecular complexity index is 912. The van der Waals surface area contributed by atoms with Gasteiger partial charge < -0.3 is 19.5 Å². The van der Waals surface area contributed by atoms with Crippen LogP contribution in [0.4, 0.5) is 0 Å². The van der Waals surface area contributed by atoms with Crippen molar-refractivity contribution in [2.45, 2.75) is 26.2 Å². The number of hydrogen-bond donors (Lipinski definition) is 1. The molecule has 2 aromatic carbocycles. The van der Waals surface area contributed by atoms with Crippen LogP contribution < -0.4 is 14.8 Å². The van der Waals surface area contributed by atoms with Gasteiger partial charge >= 0.3 is 5.97 Å². The zero-order valence-electron chi connectivity index (χ0n) is 17.9. The molecule has 0 aliphatic rings. The van der Waals surface area contributed by atoms with E-state index in [4.69, 9.17) is 14.2 Å². The molecule has 0 heterocycles. The number of ether oxygens (including phenoxy) is 3. The smallest absolute Gasteiger partial charge is 0.325 e. The van der Waals surface area contributed by atoms with Crippen LogP contribution in [0.2, 0.25) is 0 Å². The Kier molecular flexibility index (Phi) is 7.58. The van der Waals surface area contributed by atoms with Crippen molar-refractivity contribution in [2.24, 2.45) is 0 Å². The normalized spacial score (nSPS) is 10.8. The minimum absolute atomic E-state index is 0.0146. The molecule has 7 heteroatoms. The lowest BCUT2D eigenvalue weighted by molar-refractivity contribution is -0.141. The zero-order valence-corrected chi connectivity index (χ0v) is 17.9. The van der Waals surface area contributed by atoms with E-state index in [1.54, 1.807) is 24.3 Å². The Morgan fingerprint density at radius 1 is 0.867 bits per heavy atom. The Labute approximate surface area is 176 Å². The second-order valence-corrected chi connectivity index (χ2v) is 7.66. The molecule has 0 saturated heterocycles. The van der Waals surface area contributed by atoms with Gasteiger partial charge in [0.05, 0.1) is 14.2 Å². The van der Waals surface area contributed by atoms with Crippen molar-refractivity contribution in [3.8, 4) is 11.5 Å². The lowest BCUT2D eigenvalue weighted by Gasteiger charge is -2.19. The van der Waals surface area contributed by atoms with Crippen molar-refractivity contribution in [2.75, 3.05) is 27.4 Å². The van der Waals surface area contributed by atoms with E-state index in [0.717, 1.165) is 5.56 Å². The average Bonchev–Trinajstić information content (AvgIpc) is 2.74. The largest absolute Gasteiger partial charge is 0.493 e. The van der Waals surface area contributed by atoms with E-state index in [1.165, 1.54) is 20.3 Å². The quantitative estimate of drug-likeness (QED) is 0.528. The molecule has 160 valence electrons. The number of carbonyl (C=O) groups excluding carboxylic acids is 3. The van der Waals surface area contributed by atoms with Crippen LogP contribution in [-0.2, 0) is 14.9 Å². The lowest BCUT2D eigenvalue weighted by Crippen LogP contribution is -2.31. The number of rotatable bonds is 8. The maximum Gasteiger partial charge on any atom is 0.325 e. The number of esters is 1. The fraction of sp³-hybridized carbons (Fsp3) is 0.348. The summed E-state index contributed by atoms with van der Waals surface area (Å²) in [6, 6.07) is 11.9. The first-order valence-electron chi connectivity index (χ1n) is 9.45. The summed E-state index contributed by atoms with van der Waals surface area (Å²) in [4.78, 5) is 36.3. The van der Waals surface area contributed by atoms with Crippen molar-refractivity contribution < 1.29 is 28.6 Å². The molecule has 30 heavy (non-hydrogen) atoms. The van der Waals surface area contributed by atoms with Crippen LogP contribution in [0.25, 0.3) is 0 Å². The molecule has 1 amide bonds. The molecule has 0 saturated carbocycles. The molecule has 0 fully saturated rings. The molecule has 0 radical (unpaired) electrons. The molecular weight excluding hydrogens is 386 g/mol. The van der Waals surface area contributed by atoms with Gasteiger partial charge in [0.2, 0.25) is 0 Å². The highest BCUT2D eigenvalue weighted by atomic mass is 16.5. The summed E-state index contributed by atoms with van der Waals surface area (Å²) in [5.41, 5.74) is 1.85. The van der Waals surface area contributed by atoms with E-state index in [2.05, 4.69) is 26.1 Å². The standard InChI is InChI=1S/C23H27NO6/c1-23(2,3)17-9-6-15(7-10-17)22(27)24-13-21(26)30-14-18(25)16-8-11-19(28-4)20(12-16)29-5/h6-12H,13-14H2,1-5H3,(H,24,27). The summed E-state index contributed by atoms with van der Waals surface area (Å²) in [6.45, 7) is 5.48. The van der Waals surface area contributed by atoms with Crippen molar-refractivity contribution >= 4 is 17.7 Å². The minimum Gasteiger partial charge on any atom is -0.493 e. The van der Waals surface area contributed by atoms with Gasteiger partial charge in [0.1, 0.15) is 6.54 Å². The maximum atomic E-state index is 12.2. The molecule has 0 aliphatic heterocycles. The van der Waals surface area contributed by atoms with E-state index < -0.39 is 24.3 Å². The Morgan fingerprint density at radius 3 is 2.03 bits per heavy atom. The lowest BCUT2D eigenvalue weighted by atomic mass is 9.87. The molecule has 0 unspecified atom stereocenters. The molecule has 2 rings (SSSR count). The minimum atomic E-state index is -0.705. The molecule has 0 bridgehead atoms. The van der Waals surface area contributed by atoms with Crippen molar-refractivity contribution in [3.05, 3.63) is 59.2 Å². The zero-order chi connectivity index (χ0) is 22.3. The number of hydrogen-bond acceptors (Lipinski definition) is 6. The number of methoxy groups -OCH3 is 2. The molecule has 0 spiro atoms. The second kappa shape index (κ2) is 9.91. The van der Waals surface area contributed by atoms with Gasteiger partial charge in [-0.05, 0) is 41.3 Å². The summed E-state index contributed by atoms with van der Waals surface area (Å²) in [5.74, 6) is -0.598. The molecule has 0 atom stereocenters. The van der Waals surface area contributed by atoms with Crippen LogP contribution in [-0.4, -0.2) is 45.0 Å². The van der Waals surface area contributed by atoms with E-state index in [9.17, 15) is 14.4 Å². The van der Waals surface area contributed by atoms with Crippen LogP contribution in [0.3, 0.4) is 0 Å². The van der Waals surface area contributed by atoms with Crippen LogP contribution >= 0.6 is 0 Å². The number of amides is 1. The van der Waals surface area contributed by atoms with Gasteiger partial charge in [-0.3, -0.25) is 14.4 Å². The molecule has 7 nitrogen and oxygen atoms in total. The average molecular weight is 413 g/mol. The third-order valence-corrected chi connectivity index (χ3v) is 4.48. The van der Waals surface area contributed by atoms with Crippen LogP contribution in [0, 0.1) is 0 Å². The predicted octanol–water partition coefficient (Wildman–Crippen LogP) is 3.16. The fourth-order valence-corrected chi connectivity index (χ4v) is 2.67. The second-order valence-electron chi connectivity index (χ2n) is 7.66. The number of nitrogens with one attached hydrogen (secondary N) is 1. The van der Waals surface area contributed by atoms with Gasteiger partial charge in [0.15, 0.2) is 23.9 Å². The molecule has 2 aromatic rings. The van der Waals surface area contributed by atoms with Crippen LogP contribution in [0.1, 0.15) is 47.1 Å². The molecule has 0 aromatic heterocycles. The van der Waals surface area contributed by atoms with E-state index >= 15 is 0 Å². The van der Waals surface area contributed by atoms with Gasteiger partial charge in [0.25, 0.3) is 5.91 Å². The first-order valence-corrected chi connectivity index (χ1v) is 9.45. The van der Waals surface area contributed by atoms with Gasteiger partial charge in [-0.1, -0.05) is 32.9 Å². The van der Waals surface area contributed by atoms with Gasteiger partial charge in [-0.15, -0.1) is 0 Å². The monoisotopic (exact) mass is 413 g/mol. The first kappa shape index (κ1) is 22.9. The fourth-order valence-electron chi connectivity index (χ4n) is 2.67. The third kappa shape index (κ3) is 6.07. The highest BCUT2D eigenvalue weighted by molar-refractivity contribution is 5.99. The van der Waals surface area contributed by atoms with Crippen molar-refractivity contribution in [3.63, 3.8) is 0 Å². The first-order chi connectivity index (χ1) is 14.2. The predicted molar refractivity (Wildman–Crippen MR) is 112 cm³/mol. The highest BCUT2D eigenvalue weighted by Gasteiger charge is 2.16. The number of carbonyl (C=O) groups is 3. The summed E-state index contributed by atoms with van der Waals surface area (Å²) in [6.07, 6.45) is 0. The molecular formula is C23H27NO6. The third-order valence-electron chi connectivity index (χ3n) is 4.48. The number of Topliss-reactive ketones (excluding diaryl/α,β-unsaturated/α-hetero) is 1. The SMILES string of the molecule is COc1ccc(C(=O)COC(=O)CNC(=O)c2ccc(C(C)(C)C)cc2)cc1OC. The molecule has 1 N–H and O–H groups in total. The summed E-state index contributed by atoms with van der Waals surface area (Å²) in [5, 5.41) is 2.49. The van der Waals surface area contributed by atoms with Gasteiger partial charge in [0, 0.05) is 11.1 Å². The highest BCUT2D eigenvalue weighted by Crippen LogP contribution is 2.27.